The lowest BCUT2D eigenvalue weighted by Crippen LogP contribution is -2.44. The number of rotatable bonds is 9. The molecule has 0 aliphatic carbocycles. The number of nitrogens with zero attached hydrogens (tertiary/aromatic N) is 2. The van der Waals surface area contributed by atoms with Gasteiger partial charge in [-0.1, -0.05) is 20.8 Å². The molecule has 2 aliphatic heterocycles. The summed E-state index contributed by atoms with van der Waals surface area (Å²) in [5, 5.41) is 8.67. The fourth-order valence-corrected chi connectivity index (χ4v) is 5.05. The van der Waals surface area contributed by atoms with Crippen molar-refractivity contribution in [1.29, 1.82) is 5.41 Å². The quantitative estimate of drug-likeness (QED) is 0.316. The van der Waals surface area contributed by atoms with Crippen molar-refractivity contribution in [2.24, 2.45) is 0 Å². The monoisotopic (exact) mass is 591 g/mol. The van der Waals surface area contributed by atoms with Gasteiger partial charge >= 0.3 is 5.97 Å². The summed E-state index contributed by atoms with van der Waals surface area (Å²) in [6.07, 6.45) is -0.776. The zero-order valence-electron chi connectivity index (χ0n) is 24.7. The smallest absolute Gasteiger partial charge is 0.349 e. The van der Waals surface area contributed by atoms with Gasteiger partial charge in [-0.2, -0.15) is 0 Å². The van der Waals surface area contributed by atoms with Crippen LogP contribution in [0.4, 0.5) is 10.1 Å². The Bertz CT molecular complexity index is 1340. The van der Waals surface area contributed by atoms with Crippen LogP contribution in [0.15, 0.2) is 18.2 Å². The fraction of sp³-hybridized carbons (Fsp3) is 0.500. The summed E-state index contributed by atoms with van der Waals surface area (Å²) in [5.74, 6) is -0.560. The van der Waals surface area contributed by atoms with Crippen molar-refractivity contribution in [2.45, 2.75) is 59.6 Å². The number of hydrogen-bond donors (Lipinski definition) is 1. The van der Waals surface area contributed by atoms with E-state index >= 15 is 4.39 Å². The zero-order chi connectivity index (χ0) is 29.4. The van der Waals surface area contributed by atoms with Crippen LogP contribution in [0.1, 0.15) is 68.6 Å². The van der Waals surface area contributed by atoms with Gasteiger partial charge in [0, 0.05) is 24.7 Å². The maximum atomic E-state index is 15.5. The highest BCUT2D eigenvalue weighted by Crippen LogP contribution is 2.43. The van der Waals surface area contributed by atoms with Gasteiger partial charge in [-0.15, -0.1) is 12.4 Å². The van der Waals surface area contributed by atoms with E-state index in [1.807, 2.05) is 32.7 Å². The number of halogens is 2. The van der Waals surface area contributed by atoms with Gasteiger partial charge in [0.2, 0.25) is 6.10 Å². The van der Waals surface area contributed by atoms with Crippen molar-refractivity contribution >= 4 is 35.7 Å². The first-order valence-electron chi connectivity index (χ1n) is 13.6. The number of hydrogen-bond acceptors (Lipinski definition) is 8. The minimum absolute atomic E-state index is 0. The summed E-state index contributed by atoms with van der Waals surface area (Å²) in [6, 6.07) is 5.23. The van der Waals surface area contributed by atoms with Gasteiger partial charge in [0.15, 0.2) is 23.1 Å². The summed E-state index contributed by atoms with van der Waals surface area (Å²) in [7, 11) is 1.84. The van der Waals surface area contributed by atoms with Crippen LogP contribution in [0.3, 0.4) is 0 Å². The molecule has 0 bridgehead atoms. The molecular formula is C30H39ClFN3O6. The number of Topliss-reactive ketones (excluding diaryl/α,β-unsaturated/α-hetero) is 1. The summed E-state index contributed by atoms with van der Waals surface area (Å²) >= 11 is 0. The lowest BCUT2D eigenvalue weighted by molar-refractivity contribution is -0.151. The Morgan fingerprint density at radius 2 is 1.78 bits per heavy atom. The highest BCUT2D eigenvalue weighted by atomic mass is 35.5. The molecule has 4 rings (SSSR count). The normalized spacial score (nSPS) is 15.9. The lowest BCUT2D eigenvalue weighted by atomic mass is 9.84. The average Bonchev–Trinajstić information content (AvgIpc) is 3.20. The predicted octanol–water partition coefficient (Wildman–Crippen LogP) is 5.13. The SMILES string of the molecule is CCOC(=O)C1CN(C)c2cc(C(=O)CN3Cc4cc(OCC)c(OCC)c(F)c4C3=N)cc(C(C)(C)C)c2O1.Cl. The standard InChI is InChI=1S/C30H38FN3O6.ClH/c1-8-37-22-13-18-14-34(28(32)24(18)25(31)27(22)38-9-2)15-21(35)17-11-19(30(4,5)6)26-20(12-17)33(7)16-23(40-26)29(36)39-10-3;/h11-13,23,32H,8-10,14-16H2,1-7H3;1H. The summed E-state index contributed by atoms with van der Waals surface area (Å²) in [6.45, 7) is 12.5. The van der Waals surface area contributed by atoms with Gasteiger partial charge in [-0.05, 0) is 49.9 Å². The average molecular weight is 592 g/mol. The van der Waals surface area contributed by atoms with Crippen LogP contribution in [0.25, 0.3) is 0 Å². The van der Waals surface area contributed by atoms with Crippen molar-refractivity contribution in [2.75, 3.05) is 44.9 Å². The minimum atomic E-state index is -0.776. The number of carbonyl (C=O) groups is 2. The molecule has 0 amide bonds. The van der Waals surface area contributed by atoms with E-state index in [4.69, 9.17) is 24.4 Å². The van der Waals surface area contributed by atoms with Crippen LogP contribution in [0, 0.1) is 11.2 Å². The Hall–Kier alpha value is -3.53. The predicted molar refractivity (Wildman–Crippen MR) is 157 cm³/mol. The number of nitrogens with one attached hydrogen (secondary N) is 1. The fourth-order valence-electron chi connectivity index (χ4n) is 5.05. The molecule has 1 unspecified atom stereocenters. The molecule has 1 N–H and O–H groups in total. The molecule has 0 saturated carbocycles. The van der Waals surface area contributed by atoms with E-state index in [9.17, 15) is 9.59 Å². The van der Waals surface area contributed by atoms with Gasteiger partial charge in [0.25, 0.3) is 0 Å². The van der Waals surface area contributed by atoms with Crippen LogP contribution in [-0.4, -0.2) is 68.5 Å². The van der Waals surface area contributed by atoms with E-state index in [0.717, 1.165) is 5.56 Å². The van der Waals surface area contributed by atoms with Crippen LogP contribution in [-0.2, 0) is 21.5 Å². The number of esters is 1. The van der Waals surface area contributed by atoms with E-state index in [1.165, 1.54) is 0 Å². The molecule has 0 aromatic heterocycles. The van der Waals surface area contributed by atoms with Gasteiger partial charge in [0.05, 0.1) is 44.2 Å². The first kappa shape index (κ1) is 32.0. The van der Waals surface area contributed by atoms with Crippen molar-refractivity contribution in [3.8, 4) is 17.2 Å². The van der Waals surface area contributed by atoms with Crippen LogP contribution in [0.5, 0.6) is 17.2 Å². The number of amidine groups is 1. The largest absolute Gasteiger partial charge is 0.490 e. The molecular weight excluding hydrogens is 553 g/mol. The highest BCUT2D eigenvalue weighted by Gasteiger charge is 2.37. The Morgan fingerprint density at radius 1 is 1.10 bits per heavy atom. The van der Waals surface area contributed by atoms with Gasteiger partial charge < -0.3 is 28.7 Å². The molecule has 1 atom stereocenters. The topological polar surface area (TPSA) is 101 Å². The Morgan fingerprint density at radius 3 is 2.39 bits per heavy atom. The summed E-state index contributed by atoms with van der Waals surface area (Å²) in [5.41, 5.74) is 2.22. The van der Waals surface area contributed by atoms with Crippen molar-refractivity contribution in [3.63, 3.8) is 0 Å². The van der Waals surface area contributed by atoms with Gasteiger partial charge in [-0.25, -0.2) is 9.18 Å². The molecule has 9 nitrogen and oxygen atoms in total. The van der Waals surface area contributed by atoms with Crippen molar-refractivity contribution < 1.29 is 32.9 Å². The second kappa shape index (κ2) is 12.5. The molecule has 2 aliphatic rings. The number of anilines is 1. The molecule has 0 fully saturated rings. The maximum absolute atomic E-state index is 15.5. The molecule has 224 valence electrons. The third-order valence-corrected chi connectivity index (χ3v) is 6.97. The number of ether oxygens (including phenoxy) is 4. The summed E-state index contributed by atoms with van der Waals surface area (Å²) < 4.78 is 37.9. The lowest BCUT2D eigenvalue weighted by Gasteiger charge is -2.36. The Labute approximate surface area is 246 Å². The second-order valence-electron chi connectivity index (χ2n) is 10.9. The molecule has 11 heteroatoms. The third kappa shape index (κ3) is 6.22. The molecule has 0 spiro atoms. The minimum Gasteiger partial charge on any atom is -0.490 e. The second-order valence-corrected chi connectivity index (χ2v) is 10.9. The first-order valence-corrected chi connectivity index (χ1v) is 13.6. The summed E-state index contributed by atoms with van der Waals surface area (Å²) in [4.78, 5) is 29.5. The maximum Gasteiger partial charge on any atom is 0.349 e. The van der Waals surface area contributed by atoms with E-state index in [1.54, 1.807) is 43.9 Å². The number of benzene rings is 2. The molecule has 0 radical (unpaired) electrons. The van der Waals surface area contributed by atoms with Gasteiger partial charge in [0.1, 0.15) is 11.6 Å². The van der Waals surface area contributed by atoms with Crippen LogP contribution < -0.4 is 19.1 Å². The number of fused-ring (bicyclic) bond motifs is 2. The van der Waals surface area contributed by atoms with Gasteiger partial charge in [-0.3, -0.25) is 10.2 Å². The Balaban J connectivity index is 0.00000462. The van der Waals surface area contributed by atoms with E-state index < -0.39 is 23.3 Å². The molecule has 0 saturated heterocycles. The Kier molecular flexibility index (Phi) is 9.79. The van der Waals surface area contributed by atoms with Crippen molar-refractivity contribution in [1.82, 2.24) is 4.90 Å². The highest BCUT2D eigenvalue weighted by molar-refractivity contribution is 6.06. The molecule has 2 heterocycles. The van der Waals surface area contributed by atoms with Crippen LogP contribution in [0.2, 0.25) is 0 Å². The molecule has 41 heavy (non-hydrogen) atoms. The zero-order valence-corrected chi connectivity index (χ0v) is 25.5. The van der Waals surface area contributed by atoms with Crippen molar-refractivity contribution in [3.05, 3.63) is 46.3 Å². The van der Waals surface area contributed by atoms with E-state index in [2.05, 4.69) is 0 Å². The molecule has 2 aromatic rings. The van der Waals surface area contributed by atoms with E-state index in [-0.39, 0.29) is 73.9 Å². The third-order valence-electron chi connectivity index (χ3n) is 6.97. The number of likely N-dealkylation sites (N-methyl/N-ethyl adjacent to an activating group) is 1. The first-order chi connectivity index (χ1) is 18.9. The number of carbonyl (C=O) groups excluding carboxylic acids is 2. The molecule has 2 aromatic carbocycles. The number of ketones is 1. The van der Waals surface area contributed by atoms with E-state index in [0.29, 0.717) is 29.2 Å². The van der Waals surface area contributed by atoms with Crippen LogP contribution >= 0.6 is 12.4 Å².